The summed E-state index contributed by atoms with van der Waals surface area (Å²) >= 11 is 0. The highest BCUT2D eigenvalue weighted by molar-refractivity contribution is 5.89. The molecule has 2 amide bonds. The Morgan fingerprint density at radius 1 is 1.11 bits per heavy atom. The van der Waals surface area contributed by atoms with Gasteiger partial charge in [-0.15, -0.1) is 0 Å². The molecule has 1 atom stereocenters. The van der Waals surface area contributed by atoms with Crippen molar-refractivity contribution >= 4 is 11.7 Å². The summed E-state index contributed by atoms with van der Waals surface area (Å²) in [4.78, 5) is 12.5. The van der Waals surface area contributed by atoms with Crippen LogP contribution in [0, 0.1) is 18.7 Å². The van der Waals surface area contributed by atoms with E-state index < -0.39 is 11.8 Å². The summed E-state index contributed by atoms with van der Waals surface area (Å²) in [6.07, 6.45) is 0. The summed E-state index contributed by atoms with van der Waals surface area (Å²) in [5, 5.41) is 10.4. The van der Waals surface area contributed by atoms with E-state index in [2.05, 4.69) is 58.2 Å². The highest BCUT2D eigenvalue weighted by Gasteiger charge is 2.21. The van der Waals surface area contributed by atoms with Gasteiger partial charge in [0.05, 0.1) is 24.0 Å². The normalized spacial score (nSPS) is 12.7. The summed E-state index contributed by atoms with van der Waals surface area (Å²) in [6, 6.07) is 6.35. The number of hydrogen-bond donors (Lipinski definition) is 2. The maximum absolute atomic E-state index is 14.0. The topological polar surface area (TPSA) is 59.0 Å². The lowest BCUT2D eigenvalue weighted by molar-refractivity contribution is 0.240. The molecule has 154 valence electrons. The maximum Gasteiger partial charge on any atom is 0.319 e. The van der Waals surface area contributed by atoms with Crippen LogP contribution in [0.1, 0.15) is 70.3 Å². The van der Waals surface area contributed by atoms with Gasteiger partial charge in [-0.05, 0) is 48.4 Å². The van der Waals surface area contributed by atoms with E-state index in [4.69, 9.17) is 5.10 Å². The number of halogens is 1. The van der Waals surface area contributed by atoms with Gasteiger partial charge >= 0.3 is 6.03 Å². The van der Waals surface area contributed by atoms with Crippen molar-refractivity contribution in [2.45, 2.75) is 72.9 Å². The number of rotatable bonds is 7. The first-order chi connectivity index (χ1) is 13.1. The predicted molar refractivity (Wildman–Crippen MR) is 112 cm³/mol. The van der Waals surface area contributed by atoms with Crippen molar-refractivity contribution < 1.29 is 9.18 Å². The van der Waals surface area contributed by atoms with Crippen LogP contribution >= 0.6 is 0 Å². The molecule has 2 N–H and O–H groups in total. The lowest BCUT2D eigenvalue weighted by Gasteiger charge is -2.24. The number of carbonyl (C=O) groups excluding carboxylic acids is 1. The van der Waals surface area contributed by atoms with Crippen LogP contribution in [0.5, 0.6) is 0 Å². The molecule has 0 saturated heterocycles. The number of hydrogen-bond acceptors (Lipinski definition) is 2. The van der Waals surface area contributed by atoms with Crippen LogP contribution in [0.2, 0.25) is 0 Å². The molecular formula is C22H33FN4O. The van der Waals surface area contributed by atoms with Crippen LogP contribution < -0.4 is 10.6 Å². The molecule has 0 aliphatic heterocycles. The van der Waals surface area contributed by atoms with Gasteiger partial charge in [0.2, 0.25) is 0 Å². The van der Waals surface area contributed by atoms with E-state index in [9.17, 15) is 9.18 Å². The monoisotopic (exact) mass is 388 g/mol. The number of urea groups is 1. The van der Waals surface area contributed by atoms with Crippen molar-refractivity contribution in [1.82, 2.24) is 15.1 Å². The molecule has 1 aromatic carbocycles. The van der Waals surface area contributed by atoms with Crippen LogP contribution in [-0.2, 0) is 6.54 Å². The average molecular weight is 389 g/mol. The van der Waals surface area contributed by atoms with Crippen molar-refractivity contribution in [3.63, 3.8) is 0 Å². The highest BCUT2D eigenvalue weighted by atomic mass is 19.1. The van der Waals surface area contributed by atoms with Gasteiger partial charge in [0.25, 0.3) is 0 Å². The number of amides is 2. The van der Waals surface area contributed by atoms with Crippen LogP contribution in [0.4, 0.5) is 14.9 Å². The van der Waals surface area contributed by atoms with Gasteiger partial charge in [0, 0.05) is 5.69 Å². The number of aryl methyl sites for hydroxylation is 1. The molecule has 0 fully saturated rings. The quantitative estimate of drug-likeness (QED) is 0.665. The predicted octanol–water partition coefficient (Wildman–Crippen LogP) is 5.42. The number of nitrogens with zero attached hydrogens (tertiary/aromatic N) is 2. The lowest BCUT2D eigenvalue weighted by atomic mass is 10.0. The molecule has 0 aliphatic rings. The molecule has 0 spiro atoms. The van der Waals surface area contributed by atoms with Gasteiger partial charge in [-0.3, -0.25) is 4.68 Å². The molecule has 1 heterocycles. The van der Waals surface area contributed by atoms with Gasteiger partial charge in [-0.2, -0.15) is 5.10 Å². The van der Waals surface area contributed by atoms with Gasteiger partial charge < -0.3 is 10.6 Å². The Morgan fingerprint density at radius 3 is 2.32 bits per heavy atom. The minimum absolute atomic E-state index is 0.133. The molecule has 2 rings (SSSR count). The molecule has 0 bridgehead atoms. The molecule has 1 aromatic heterocycles. The van der Waals surface area contributed by atoms with Crippen LogP contribution in [0.15, 0.2) is 24.3 Å². The SMILES string of the molecule is Cc1ccc(NC(=O)NC(Cn2nc(C(C)C)cc2C(C)C)C(C)C)c(F)c1. The number of aromatic nitrogens is 2. The summed E-state index contributed by atoms with van der Waals surface area (Å²) in [7, 11) is 0. The smallest absolute Gasteiger partial charge is 0.319 e. The zero-order valence-electron chi connectivity index (χ0n) is 18.0. The second kappa shape index (κ2) is 9.22. The first-order valence-electron chi connectivity index (χ1n) is 9.99. The van der Waals surface area contributed by atoms with Crippen LogP contribution in [0.25, 0.3) is 0 Å². The second-order valence-corrected chi connectivity index (χ2v) is 8.42. The molecule has 0 radical (unpaired) electrons. The Morgan fingerprint density at radius 2 is 1.79 bits per heavy atom. The number of benzene rings is 1. The van der Waals surface area contributed by atoms with E-state index in [1.165, 1.54) is 6.07 Å². The van der Waals surface area contributed by atoms with E-state index in [0.29, 0.717) is 18.4 Å². The van der Waals surface area contributed by atoms with Crippen molar-refractivity contribution in [2.24, 2.45) is 5.92 Å². The number of carbonyl (C=O) groups is 1. The van der Waals surface area contributed by atoms with Crippen molar-refractivity contribution in [2.75, 3.05) is 5.32 Å². The third-order valence-electron chi connectivity index (χ3n) is 4.88. The molecule has 0 aliphatic carbocycles. The molecule has 28 heavy (non-hydrogen) atoms. The fraction of sp³-hybridized carbons (Fsp3) is 0.545. The van der Waals surface area contributed by atoms with E-state index >= 15 is 0 Å². The Kier molecular flexibility index (Phi) is 7.22. The Labute approximate surface area is 167 Å². The van der Waals surface area contributed by atoms with Gasteiger partial charge in [-0.25, -0.2) is 9.18 Å². The van der Waals surface area contributed by atoms with Gasteiger partial charge in [0.15, 0.2) is 0 Å². The third kappa shape index (κ3) is 5.57. The molecule has 6 heteroatoms. The summed E-state index contributed by atoms with van der Waals surface area (Å²) in [5.74, 6) is 0.438. The van der Waals surface area contributed by atoms with Gasteiger partial charge in [0.1, 0.15) is 5.82 Å². The average Bonchev–Trinajstić information content (AvgIpc) is 3.01. The van der Waals surface area contributed by atoms with E-state index in [0.717, 1.165) is 17.0 Å². The van der Waals surface area contributed by atoms with E-state index in [1.807, 2.05) is 11.6 Å². The molecule has 0 saturated carbocycles. The summed E-state index contributed by atoms with van der Waals surface area (Å²) < 4.78 is 16.0. The molecule has 5 nitrogen and oxygen atoms in total. The zero-order chi connectivity index (χ0) is 21.0. The second-order valence-electron chi connectivity index (χ2n) is 8.42. The van der Waals surface area contributed by atoms with Crippen molar-refractivity contribution in [3.05, 3.63) is 47.0 Å². The molecular weight excluding hydrogens is 355 g/mol. The number of nitrogens with one attached hydrogen (secondary N) is 2. The van der Waals surface area contributed by atoms with Gasteiger partial charge in [-0.1, -0.05) is 47.6 Å². The summed E-state index contributed by atoms with van der Waals surface area (Å²) in [6.45, 7) is 15.0. The fourth-order valence-electron chi connectivity index (χ4n) is 3.00. The molecule has 2 aromatic rings. The maximum atomic E-state index is 14.0. The largest absolute Gasteiger partial charge is 0.333 e. The minimum atomic E-state index is -0.438. The highest BCUT2D eigenvalue weighted by Crippen LogP contribution is 2.22. The van der Waals surface area contributed by atoms with Crippen LogP contribution in [-0.4, -0.2) is 21.9 Å². The van der Waals surface area contributed by atoms with Crippen LogP contribution in [0.3, 0.4) is 0 Å². The first kappa shape index (κ1) is 21.9. The number of anilines is 1. The minimum Gasteiger partial charge on any atom is -0.333 e. The Bertz CT molecular complexity index is 811. The third-order valence-corrected chi connectivity index (χ3v) is 4.88. The Hall–Kier alpha value is -2.37. The van der Waals surface area contributed by atoms with Crippen molar-refractivity contribution in [3.8, 4) is 0 Å². The Balaban J connectivity index is 2.14. The summed E-state index contributed by atoms with van der Waals surface area (Å²) in [5.41, 5.74) is 3.19. The first-order valence-corrected chi connectivity index (χ1v) is 9.99. The van der Waals surface area contributed by atoms with E-state index in [-0.39, 0.29) is 17.6 Å². The zero-order valence-corrected chi connectivity index (χ0v) is 18.0. The lowest BCUT2D eigenvalue weighted by Crippen LogP contribution is -2.44. The van der Waals surface area contributed by atoms with Crippen molar-refractivity contribution in [1.29, 1.82) is 0 Å². The standard InChI is InChI=1S/C22H33FN4O/c1-13(2)19-11-21(15(5)6)27(26-19)12-20(14(3)4)25-22(28)24-18-9-8-16(7)10-17(18)23/h8-11,13-15,20H,12H2,1-7H3,(H2,24,25,28). The van der Waals surface area contributed by atoms with E-state index in [1.54, 1.807) is 12.1 Å². The fourth-order valence-corrected chi connectivity index (χ4v) is 3.00. The molecule has 1 unspecified atom stereocenters.